The minimum Gasteiger partial charge on any atom is -0.493 e. The zero-order chi connectivity index (χ0) is 12.5. The number of fused-ring (bicyclic) bond motifs is 1. The highest BCUT2D eigenvalue weighted by Crippen LogP contribution is 2.42. The number of hydrogen-bond donors (Lipinski definition) is 2. The van der Waals surface area contributed by atoms with Gasteiger partial charge >= 0.3 is 5.97 Å². The Morgan fingerprint density at radius 3 is 3.00 bits per heavy atom. The summed E-state index contributed by atoms with van der Waals surface area (Å²) in [5.41, 5.74) is 7.32. The van der Waals surface area contributed by atoms with Gasteiger partial charge in [-0.1, -0.05) is 18.2 Å². The second-order valence-electron chi connectivity index (χ2n) is 4.61. The van der Waals surface area contributed by atoms with Crippen LogP contribution in [0.4, 0.5) is 0 Å². The summed E-state index contributed by atoms with van der Waals surface area (Å²) in [6.45, 7) is 2.83. The van der Waals surface area contributed by atoms with E-state index in [0.29, 0.717) is 19.6 Å². The average molecular weight is 235 g/mol. The summed E-state index contributed by atoms with van der Waals surface area (Å²) < 4.78 is 5.64. The van der Waals surface area contributed by atoms with Crippen LogP contribution < -0.4 is 10.5 Å². The standard InChI is InChI=1S/C13H17NO3/c1-9-3-2-4-10-12(9)17-6-5-13(10,8-14)7-11(15)16/h2-4H,5-8,14H2,1H3,(H,15,16). The van der Waals surface area contributed by atoms with E-state index >= 15 is 0 Å². The monoisotopic (exact) mass is 235 g/mol. The molecule has 0 saturated heterocycles. The van der Waals surface area contributed by atoms with Crippen LogP contribution >= 0.6 is 0 Å². The van der Waals surface area contributed by atoms with E-state index < -0.39 is 11.4 Å². The van der Waals surface area contributed by atoms with Gasteiger partial charge in [-0.15, -0.1) is 0 Å². The van der Waals surface area contributed by atoms with Crippen molar-refractivity contribution in [3.8, 4) is 5.75 Å². The van der Waals surface area contributed by atoms with Crippen LogP contribution in [0.2, 0.25) is 0 Å². The highest BCUT2D eigenvalue weighted by Gasteiger charge is 2.39. The van der Waals surface area contributed by atoms with E-state index in [1.807, 2.05) is 25.1 Å². The Balaban J connectivity index is 2.51. The SMILES string of the molecule is Cc1cccc2c1OCCC2(CN)CC(=O)O. The third kappa shape index (κ3) is 2.00. The van der Waals surface area contributed by atoms with Crippen LogP contribution in [0.15, 0.2) is 18.2 Å². The summed E-state index contributed by atoms with van der Waals surface area (Å²) in [5, 5.41) is 9.06. The molecular formula is C13H17NO3. The predicted molar refractivity (Wildman–Crippen MR) is 64.3 cm³/mol. The molecule has 4 heteroatoms. The second-order valence-corrected chi connectivity index (χ2v) is 4.61. The highest BCUT2D eigenvalue weighted by atomic mass is 16.5. The smallest absolute Gasteiger partial charge is 0.304 e. The number of carboxylic acid groups (broad SMARTS) is 1. The Morgan fingerprint density at radius 1 is 1.59 bits per heavy atom. The molecule has 3 N–H and O–H groups in total. The van der Waals surface area contributed by atoms with Gasteiger partial charge in [0.05, 0.1) is 13.0 Å². The molecule has 92 valence electrons. The first-order chi connectivity index (χ1) is 8.09. The molecule has 0 spiro atoms. The van der Waals surface area contributed by atoms with Crippen LogP contribution in [-0.2, 0) is 10.2 Å². The fourth-order valence-corrected chi connectivity index (χ4v) is 2.50. The predicted octanol–water partition coefficient (Wildman–Crippen LogP) is 1.45. The molecule has 0 aromatic heterocycles. The van der Waals surface area contributed by atoms with E-state index in [4.69, 9.17) is 15.6 Å². The summed E-state index contributed by atoms with van der Waals surface area (Å²) in [6.07, 6.45) is 0.718. The minimum atomic E-state index is -0.815. The minimum absolute atomic E-state index is 0.0588. The van der Waals surface area contributed by atoms with Crippen molar-refractivity contribution >= 4 is 5.97 Å². The molecular weight excluding hydrogens is 218 g/mol. The van der Waals surface area contributed by atoms with Crippen LogP contribution in [0.1, 0.15) is 24.0 Å². The molecule has 0 radical (unpaired) electrons. The molecule has 0 saturated carbocycles. The second kappa shape index (κ2) is 4.37. The molecule has 1 atom stereocenters. The molecule has 0 fully saturated rings. The van der Waals surface area contributed by atoms with Crippen LogP contribution in [0, 0.1) is 6.92 Å². The van der Waals surface area contributed by atoms with Crippen molar-refractivity contribution in [2.24, 2.45) is 5.73 Å². The lowest BCUT2D eigenvalue weighted by atomic mass is 9.73. The van der Waals surface area contributed by atoms with Gasteiger partial charge in [0.1, 0.15) is 5.75 Å². The van der Waals surface area contributed by atoms with Gasteiger partial charge < -0.3 is 15.6 Å². The van der Waals surface area contributed by atoms with E-state index in [1.54, 1.807) is 0 Å². The van der Waals surface area contributed by atoms with Crippen molar-refractivity contribution in [2.45, 2.75) is 25.2 Å². The van der Waals surface area contributed by atoms with E-state index in [1.165, 1.54) is 0 Å². The zero-order valence-electron chi connectivity index (χ0n) is 9.90. The van der Waals surface area contributed by atoms with Gasteiger partial charge in [0.2, 0.25) is 0 Å². The normalized spacial score (nSPS) is 22.7. The van der Waals surface area contributed by atoms with Crippen molar-refractivity contribution in [1.82, 2.24) is 0 Å². The van der Waals surface area contributed by atoms with Gasteiger partial charge in [-0.3, -0.25) is 4.79 Å². The number of ether oxygens (including phenoxy) is 1. The molecule has 4 nitrogen and oxygen atoms in total. The van der Waals surface area contributed by atoms with Crippen molar-refractivity contribution in [3.05, 3.63) is 29.3 Å². The number of carboxylic acids is 1. The fourth-order valence-electron chi connectivity index (χ4n) is 2.50. The third-order valence-corrected chi connectivity index (χ3v) is 3.49. The van der Waals surface area contributed by atoms with Gasteiger partial charge in [-0.2, -0.15) is 0 Å². The van der Waals surface area contributed by atoms with Gasteiger partial charge in [0.15, 0.2) is 0 Å². The first-order valence-electron chi connectivity index (χ1n) is 5.74. The number of aryl methyl sites for hydroxylation is 1. The first-order valence-corrected chi connectivity index (χ1v) is 5.74. The number of hydrogen-bond acceptors (Lipinski definition) is 3. The molecule has 2 rings (SSSR count). The number of benzene rings is 1. The third-order valence-electron chi connectivity index (χ3n) is 3.49. The Bertz CT molecular complexity index is 444. The number of aliphatic carboxylic acids is 1. The lowest BCUT2D eigenvalue weighted by molar-refractivity contribution is -0.138. The van der Waals surface area contributed by atoms with Gasteiger partial charge in [-0.05, 0) is 18.9 Å². The number of rotatable bonds is 3. The summed E-state index contributed by atoms with van der Waals surface area (Å²) in [4.78, 5) is 11.0. The molecule has 1 aliphatic rings. The molecule has 1 unspecified atom stereocenters. The fraction of sp³-hybridized carbons (Fsp3) is 0.462. The summed E-state index contributed by atoms with van der Waals surface area (Å²) >= 11 is 0. The molecule has 1 heterocycles. The van der Waals surface area contributed by atoms with Crippen LogP contribution in [-0.4, -0.2) is 24.2 Å². The largest absolute Gasteiger partial charge is 0.493 e. The van der Waals surface area contributed by atoms with Crippen LogP contribution in [0.3, 0.4) is 0 Å². The maximum atomic E-state index is 11.0. The maximum Gasteiger partial charge on any atom is 0.304 e. The maximum absolute atomic E-state index is 11.0. The molecule has 17 heavy (non-hydrogen) atoms. The Kier molecular flexibility index (Phi) is 3.07. The summed E-state index contributed by atoms with van der Waals surface area (Å²) in [5.74, 6) is -0.00439. The van der Waals surface area contributed by atoms with E-state index in [9.17, 15) is 4.79 Å². The topological polar surface area (TPSA) is 72.5 Å². The van der Waals surface area contributed by atoms with Gasteiger partial charge in [0.25, 0.3) is 0 Å². The van der Waals surface area contributed by atoms with Crippen molar-refractivity contribution < 1.29 is 14.6 Å². The van der Waals surface area contributed by atoms with E-state index in [0.717, 1.165) is 16.9 Å². The van der Waals surface area contributed by atoms with Crippen molar-refractivity contribution in [2.75, 3.05) is 13.2 Å². The van der Waals surface area contributed by atoms with Gasteiger partial charge in [0, 0.05) is 17.5 Å². The molecule has 0 aliphatic carbocycles. The van der Waals surface area contributed by atoms with Crippen LogP contribution in [0.5, 0.6) is 5.75 Å². The quantitative estimate of drug-likeness (QED) is 0.831. The van der Waals surface area contributed by atoms with E-state index in [2.05, 4.69) is 0 Å². The Morgan fingerprint density at radius 2 is 2.35 bits per heavy atom. The highest BCUT2D eigenvalue weighted by molar-refractivity contribution is 5.70. The lowest BCUT2D eigenvalue weighted by Gasteiger charge is -2.37. The van der Waals surface area contributed by atoms with E-state index in [-0.39, 0.29) is 6.42 Å². The van der Waals surface area contributed by atoms with Crippen LogP contribution in [0.25, 0.3) is 0 Å². The summed E-state index contributed by atoms with van der Waals surface area (Å²) in [6, 6.07) is 5.82. The number of nitrogens with two attached hydrogens (primary N) is 1. The molecule has 0 amide bonds. The molecule has 1 aromatic carbocycles. The molecule has 1 aliphatic heterocycles. The summed E-state index contributed by atoms with van der Waals surface area (Å²) in [7, 11) is 0. The Hall–Kier alpha value is -1.55. The molecule has 0 bridgehead atoms. The first kappa shape index (κ1) is 11.9. The zero-order valence-corrected chi connectivity index (χ0v) is 9.90. The van der Waals surface area contributed by atoms with Gasteiger partial charge in [-0.25, -0.2) is 0 Å². The van der Waals surface area contributed by atoms with Crippen molar-refractivity contribution in [3.63, 3.8) is 0 Å². The lowest BCUT2D eigenvalue weighted by Crippen LogP contribution is -2.41. The Labute approximate surface area is 100 Å². The number of carbonyl (C=O) groups is 1. The average Bonchev–Trinajstić information content (AvgIpc) is 2.30. The molecule has 1 aromatic rings. The van der Waals surface area contributed by atoms with Crippen molar-refractivity contribution in [1.29, 1.82) is 0 Å². The number of para-hydroxylation sites is 1.